The van der Waals surface area contributed by atoms with Crippen LogP contribution in [-0.2, 0) is 29.2 Å². The number of anilines is 1. The van der Waals surface area contributed by atoms with Gasteiger partial charge in [0.25, 0.3) is 0 Å². The van der Waals surface area contributed by atoms with Gasteiger partial charge >= 0.3 is 18.0 Å². The summed E-state index contributed by atoms with van der Waals surface area (Å²) in [6.45, 7) is 9.01. The fraction of sp³-hybridized carbons (Fsp3) is 0.571. The molecular weight excluding hydrogens is 362 g/mol. The minimum atomic E-state index is -1.17. The van der Waals surface area contributed by atoms with Crippen LogP contribution >= 0.6 is 0 Å². The number of hydrogen-bond donors (Lipinski definition) is 0. The summed E-state index contributed by atoms with van der Waals surface area (Å²) in [5, 5.41) is 0. The quantitative estimate of drug-likeness (QED) is 0.565. The van der Waals surface area contributed by atoms with E-state index in [0.29, 0.717) is 11.3 Å². The predicted octanol–water partition coefficient (Wildman–Crippen LogP) is 3.44. The average Bonchev–Trinajstić information content (AvgIpc) is 2.96. The number of carbonyl (C=O) groups excluding carboxylic acids is 3. The summed E-state index contributed by atoms with van der Waals surface area (Å²) in [6, 6.07) is 7.15. The van der Waals surface area contributed by atoms with Crippen molar-refractivity contribution >= 4 is 23.7 Å². The zero-order valence-corrected chi connectivity index (χ0v) is 17.4. The number of benzene rings is 1. The maximum Gasteiger partial charge on any atom is 0.414 e. The standard InChI is InChI=1S/C21H29NO6/c1-7-27-18(24)21(12-14(2)17(23)26-6)13-22(19(25)28-20(3,4)5)16-11-9-8-10-15(16)21/h8-11,14H,7,12-13H2,1-6H3. The maximum absolute atomic E-state index is 13.1. The molecule has 154 valence electrons. The molecule has 0 radical (unpaired) electrons. The van der Waals surface area contributed by atoms with Crippen molar-refractivity contribution in [1.29, 1.82) is 0 Å². The molecule has 0 saturated heterocycles. The Kier molecular flexibility index (Phi) is 6.37. The van der Waals surface area contributed by atoms with Gasteiger partial charge in [0.2, 0.25) is 0 Å². The Bertz CT molecular complexity index is 754. The van der Waals surface area contributed by atoms with Gasteiger partial charge in [-0.2, -0.15) is 0 Å². The summed E-state index contributed by atoms with van der Waals surface area (Å²) in [5.74, 6) is -1.44. The number of hydrogen-bond acceptors (Lipinski definition) is 6. The molecule has 0 spiro atoms. The first-order chi connectivity index (χ1) is 13.1. The number of amides is 1. The second-order valence-electron chi connectivity index (χ2n) is 8.01. The van der Waals surface area contributed by atoms with Crippen molar-refractivity contribution in [2.45, 2.75) is 52.1 Å². The molecule has 0 N–H and O–H groups in total. The van der Waals surface area contributed by atoms with Crippen LogP contribution in [0.15, 0.2) is 24.3 Å². The fourth-order valence-electron chi connectivity index (χ4n) is 3.54. The molecule has 0 saturated carbocycles. The van der Waals surface area contributed by atoms with Crippen LogP contribution in [0.4, 0.5) is 10.5 Å². The van der Waals surface area contributed by atoms with Gasteiger partial charge in [-0.05, 0) is 45.7 Å². The molecule has 7 nitrogen and oxygen atoms in total. The number of esters is 2. The third kappa shape index (κ3) is 4.29. The summed E-state index contributed by atoms with van der Waals surface area (Å²) in [4.78, 5) is 39.4. The number of carbonyl (C=O) groups is 3. The van der Waals surface area contributed by atoms with E-state index < -0.39 is 35.0 Å². The van der Waals surface area contributed by atoms with Gasteiger partial charge in [-0.1, -0.05) is 25.1 Å². The number of rotatable bonds is 5. The molecule has 7 heteroatoms. The Hall–Kier alpha value is -2.57. The molecule has 0 aromatic heterocycles. The van der Waals surface area contributed by atoms with Crippen LogP contribution in [0.5, 0.6) is 0 Å². The highest BCUT2D eigenvalue weighted by molar-refractivity contribution is 5.98. The van der Waals surface area contributed by atoms with Gasteiger partial charge in [-0.3, -0.25) is 14.5 Å². The van der Waals surface area contributed by atoms with E-state index in [-0.39, 0.29) is 19.6 Å². The highest BCUT2D eigenvalue weighted by atomic mass is 16.6. The average molecular weight is 391 g/mol. The van der Waals surface area contributed by atoms with E-state index >= 15 is 0 Å². The Balaban J connectivity index is 2.52. The summed E-state index contributed by atoms with van der Waals surface area (Å²) in [6.07, 6.45) is -0.383. The zero-order valence-electron chi connectivity index (χ0n) is 17.4. The minimum absolute atomic E-state index is 0.0431. The summed E-state index contributed by atoms with van der Waals surface area (Å²) in [5.41, 5.74) is -0.616. The molecule has 0 aliphatic carbocycles. The fourth-order valence-corrected chi connectivity index (χ4v) is 3.54. The van der Waals surface area contributed by atoms with E-state index in [2.05, 4.69) is 0 Å². The lowest BCUT2D eigenvalue weighted by atomic mass is 9.75. The van der Waals surface area contributed by atoms with Crippen molar-refractivity contribution in [3.8, 4) is 0 Å². The highest BCUT2D eigenvalue weighted by Gasteiger charge is 2.53. The van der Waals surface area contributed by atoms with Crippen LogP contribution < -0.4 is 4.90 Å². The van der Waals surface area contributed by atoms with Crippen molar-refractivity contribution < 1.29 is 28.6 Å². The van der Waals surface area contributed by atoms with E-state index in [4.69, 9.17) is 14.2 Å². The molecule has 1 aliphatic rings. The first kappa shape index (κ1) is 21.7. The summed E-state index contributed by atoms with van der Waals surface area (Å²) >= 11 is 0. The van der Waals surface area contributed by atoms with Gasteiger partial charge in [0.05, 0.1) is 25.3 Å². The second-order valence-corrected chi connectivity index (χ2v) is 8.01. The Morgan fingerprint density at radius 1 is 1.21 bits per heavy atom. The lowest BCUT2D eigenvalue weighted by Crippen LogP contribution is -2.46. The molecule has 1 amide bonds. The van der Waals surface area contributed by atoms with E-state index in [1.54, 1.807) is 58.9 Å². The normalized spacial score (nSPS) is 19.6. The van der Waals surface area contributed by atoms with Gasteiger partial charge < -0.3 is 14.2 Å². The summed E-state index contributed by atoms with van der Waals surface area (Å²) in [7, 11) is 1.31. The van der Waals surface area contributed by atoms with Gasteiger partial charge in [0.1, 0.15) is 11.0 Å². The molecule has 1 aliphatic heterocycles. The molecule has 1 aromatic rings. The van der Waals surface area contributed by atoms with Crippen LogP contribution in [0.2, 0.25) is 0 Å². The molecule has 2 atom stereocenters. The second kappa shape index (κ2) is 8.20. The number of fused-ring (bicyclic) bond motifs is 1. The third-order valence-corrected chi connectivity index (χ3v) is 4.68. The molecule has 2 unspecified atom stereocenters. The molecule has 0 fully saturated rings. The van der Waals surface area contributed by atoms with Gasteiger partial charge in [-0.25, -0.2) is 4.79 Å². The molecular formula is C21H29NO6. The van der Waals surface area contributed by atoms with Crippen LogP contribution in [0, 0.1) is 5.92 Å². The molecule has 28 heavy (non-hydrogen) atoms. The SMILES string of the molecule is CCOC(=O)C1(CC(C)C(=O)OC)CN(C(=O)OC(C)(C)C)c2ccccc21. The first-order valence-electron chi connectivity index (χ1n) is 9.41. The predicted molar refractivity (Wildman–Crippen MR) is 104 cm³/mol. The Labute approximate surface area is 165 Å². The van der Waals surface area contributed by atoms with Crippen molar-refractivity contribution in [2.24, 2.45) is 5.92 Å². The van der Waals surface area contributed by atoms with Crippen LogP contribution in [-0.4, -0.2) is 43.9 Å². The Morgan fingerprint density at radius 2 is 1.86 bits per heavy atom. The van der Waals surface area contributed by atoms with Gasteiger partial charge in [0.15, 0.2) is 0 Å². The van der Waals surface area contributed by atoms with Crippen molar-refractivity contribution in [2.75, 3.05) is 25.2 Å². The Morgan fingerprint density at radius 3 is 2.43 bits per heavy atom. The molecule has 0 bridgehead atoms. The monoisotopic (exact) mass is 391 g/mol. The number of methoxy groups -OCH3 is 1. The van der Waals surface area contributed by atoms with Crippen LogP contribution in [0.1, 0.15) is 46.6 Å². The highest BCUT2D eigenvalue weighted by Crippen LogP contribution is 2.46. The van der Waals surface area contributed by atoms with E-state index in [1.807, 2.05) is 0 Å². The van der Waals surface area contributed by atoms with E-state index in [1.165, 1.54) is 12.0 Å². The number of ether oxygens (including phenoxy) is 3. The van der Waals surface area contributed by atoms with Crippen molar-refractivity contribution in [3.05, 3.63) is 29.8 Å². The zero-order chi connectivity index (χ0) is 21.1. The summed E-state index contributed by atoms with van der Waals surface area (Å²) < 4.78 is 15.7. The van der Waals surface area contributed by atoms with Gasteiger partial charge in [0, 0.05) is 6.54 Å². The molecule has 1 aromatic carbocycles. The maximum atomic E-state index is 13.1. The van der Waals surface area contributed by atoms with Crippen molar-refractivity contribution in [1.82, 2.24) is 0 Å². The molecule has 1 heterocycles. The van der Waals surface area contributed by atoms with Crippen molar-refractivity contribution in [3.63, 3.8) is 0 Å². The minimum Gasteiger partial charge on any atom is -0.469 e. The third-order valence-electron chi connectivity index (χ3n) is 4.68. The van der Waals surface area contributed by atoms with Crippen LogP contribution in [0.25, 0.3) is 0 Å². The van der Waals surface area contributed by atoms with E-state index in [0.717, 1.165) is 0 Å². The largest absolute Gasteiger partial charge is 0.469 e. The number of nitrogens with zero attached hydrogens (tertiary/aromatic N) is 1. The first-order valence-corrected chi connectivity index (χ1v) is 9.41. The van der Waals surface area contributed by atoms with Gasteiger partial charge in [-0.15, -0.1) is 0 Å². The smallest absolute Gasteiger partial charge is 0.414 e. The lowest BCUT2D eigenvalue weighted by Gasteiger charge is -2.30. The van der Waals surface area contributed by atoms with Crippen LogP contribution in [0.3, 0.4) is 0 Å². The topological polar surface area (TPSA) is 82.1 Å². The molecule has 2 rings (SSSR count). The number of para-hydroxylation sites is 1. The lowest BCUT2D eigenvalue weighted by molar-refractivity contribution is -0.152. The van der Waals surface area contributed by atoms with E-state index in [9.17, 15) is 14.4 Å².